The van der Waals surface area contributed by atoms with Crippen molar-refractivity contribution < 1.29 is 38.0 Å². The first-order valence-electron chi connectivity index (χ1n) is 23.8. The van der Waals surface area contributed by atoms with Gasteiger partial charge >= 0.3 is 0 Å². The number of nitrogens with zero attached hydrogens (tertiary/aromatic N) is 4. The number of hydrogen-bond donors (Lipinski definition) is 1. The Morgan fingerprint density at radius 1 is 0.583 bits per heavy atom. The van der Waals surface area contributed by atoms with Gasteiger partial charge in [-0.3, -0.25) is 9.59 Å². The summed E-state index contributed by atoms with van der Waals surface area (Å²) in [4.78, 5) is 37.8. The van der Waals surface area contributed by atoms with E-state index in [-0.39, 0.29) is 17.1 Å². The van der Waals surface area contributed by atoms with Crippen molar-refractivity contribution in [3.8, 4) is 34.5 Å². The van der Waals surface area contributed by atoms with Gasteiger partial charge in [0.05, 0.1) is 52.9 Å². The lowest BCUT2D eigenvalue weighted by Gasteiger charge is -2.28. The van der Waals surface area contributed by atoms with Crippen LogP contribution >= 0.6 is 11.6 Å². The molecule has 0 radical (unpaired) electrons. The SMILES string of the molecule is CC1(C)C=Cc2nc(CNc3ccccc3)ccc2O1.CCN(CC)CC.COc1ccc(C(=O)Cl)cc1OC.COc1ccc(C(=O)N(Cc2ccc3c(n2)C=CC(C)(C)O3)c2ccccc2)cc1OC. The standard InChI is InChI=1S/C26H26N2O4.C17H18N2O.C9H9ClO3.C6H15N/c1-26(2)15-14-21-22(32-26)13-11-19(27-21)17-28(20-8-6-5-7-9-20)25(29)18-10-12-23(30-3)24(16-18)31-4;1-17(2)11-10-15-16(20-17)9-8-14(19-15)12-18-13-6-4-3-5-7-13;1-12-7-4-3-6(9(10)11)5-8(7)13-2;1-4-7(5-2)6-3/h5-16H,17H2,1-4H3;3-11,18H,12H2,1-2H3;3-5H,1-2H3;4-6H2,1-3H3. The molecular weight excluding hydrogens is 930 g/mol. The van der Waals surface area contributed by atoms with E-state index in [4.69, 9.17) is 45.0 Å². The lowest BCUT2D eigenvalue weighted by Crippen LogP contribution is -2.31. The number of hydrogen-bond acceptors (Lipinski definition) is 12. The number of carbonyl (C=O) groups excluding carboxylic acids is 2. The Hall–Kier alpha value is -7.35. The zero-order chi connectivity index (χ0) is 52.3. The molecule has 2 aliphatic heterocycles. The Morgan fingerprint density at radius 2 is 1.04 bits per heavy atom. The number of benzene rings is 4. The van der Waals surface area contributed by atoms with E-state index in [1.807, 2.05) is 137 Å². The topological polar surface area (TPSA) is 134 Å². The van der Waals surface area contributed by atoms with Gasteiger partial charge < -0.3 is 43.5 Å². The highest BCUT2D eigenvalue weighted by atomic mass is 35.5. The normalized spacial score (nSPS) is 13.0. The molecule has 4 aromatic carbocycles. The van der Waals surface area contributed by atoms with Gasteiger partial charge in [-0.1, -0.05) is 57.2 Å². The van der Waals surface area contributed by atoms with Crippen molar-refractivity contribution in [2.24, 2.45) is 0 Å². The molecule has 4 heterocycles. The molecule has 6 aromatic rings. The number of carbonyl (C=O) groups is 2. The van der Waals surface area contributed by atoms with Crippen molar-refractivity contribution >= 4 is 46.3 Å². The third kappa shape index (κ3) is 16.1. The molecule has 380 valence electrons. The summed E-state index contributed by atoms with van der Waals surface area (Å²) in [7, 11) is 6.14. The smallest absolute Gasteiger partial charge is 0.258 e. The van der Waals surface area contributed by atoms with Crippen LogP contribution in [0, 0.1) is 0 Å². The van der Waals surface area contributed by atoms with Crippen LogP contribution in [0.4, 0.5) is 11.4 Å². The maximum Gasteiger partial charge on any atom is 0.258 e. The average Bonchev–Trinajstić information content (AvgIpc) is 3.40. The van der Waals surface area contributed by atoms with Crippen LogP contribution in [0.5, 0.6) is 34.5 Å². The lowest BCUT2D eigenvalue weighted by molar-refractivity contribution is 0.0983. The van der Waals surface area contributed by atoms with Crippen LogP contribution in [-0.4, -0.2) is 85.3 Å². The molecule has 72 heavy (non-hydrogen) atoms. The van der Waals surface area contributed by atoms with E-state index in [0.717, 1.165) is 45.6 Å². The summed E-state index contributed by atoms with van der Waals surface area (Å²) in [6.07, 6.45) is 8.02. The van der Waals surface area contributed by atoms with Crippen LogP contribution in [-0.2, 0) is 13.1 Å². The number of para-hydroxylation sites is 2. The zero-order valence-electron chi connectivity index (χ0n) is 43.3. The van der Waals surface area contributed by atoms with E-state index < -0.39 is 5.24 Å². The van der Waals surface area contributed by atoms with Gasteiger partial charge in [0.1, 0.15) is 34.1 Å². The third-order valence-electron chi connectivity index (χ3n) is 11.4. The summed E-state index contributed by atoms with van der Waals surface area (Å²) in [6.45, 7) is 19.2. The number of ether oxygens (including phenoxy) is 6. The fraction of sp³-hybridized carbons (Fsp3) is 0.310. The predicted octanol–water partition coefficient (Wildman–Crippen LogP) is 12.4. The molecule has 14 heteroatoms. The van der Waals surface area contributed by atoms with E-state index in [0.29, 0.717) is 47.2 Å². The number of pyridine rings is 2. The first-order chi connectivity index (χ1) is 34.6. The second-order valence-corrected chi connectivity index (χ2v) is 17.8. The van der Waals surface area contributed by atoms with Gasteiger partial charge in [-0.05, 0) is 168 Å². The van der Waals surface area contributed by atoms with Gasteiger partial charge in [-0.25, -0.2) is 9.97 Å². The van der Waals surface area contributed by atoms with E-state index >= 15 is 0 Å². The van der Waals surface area contributed by atoms with E-state index in [2.05, 4.69) is 36.0 Å². The third-order valence-corrected chi connectivity index (χ3v) is 11.6. The number of fused-ring (bicyclic) bond motifs is 2. The first-order valence-corrected chi connectivity index (χ1v) is 24.2. The van der Waals surface area contributed by atoms with Gasteiger partial charge in [0.2, 0.25) is 0 Å². The summed E-state index contributed by atoms with van der Waals surface area (Å²) in [5, 5.41) is 2.84. The molecule has 0 aliphatic carbocycles. The largest absolute Gasteiger partial charge is 0.493 e. The minimum Gasteiger partial charge on any atom is -0.493 e. The first kappa shape index (κ1) is 55.6. The molecule has 1 amide bonds. The molecule has 0 saturated carbocycles. The molecule has 0 atom stereocenters. The lowest BCUT2D eigenvalue weighted by atomic mass is 10.1. The van der Waals surface area contributed by atoms with Crippen molar-refractivity contribution in [2.75, 3.05) is 58.3 Å². The molecular formula is C58H68ClN5O8. The van der Waals surface area contributed by atoms with Crippen molar-refractivity contribution in [1.29, 1.82) is 0 Å². The fourth-order valence-corrected chi connectivity index (χ4v) is 7.47. The number of methoxy groups -OCH3 is 4. The minimum absolute atomic E-state index is 0.162. The molecule has 2 aliphatic rings. The highest BCUT2D eigenvalue weighted by molar-refractivity contribution is 6.67. The molecule has 0 bridgehead atoms. The molecule has 13 nitrogen and oxygen atoms in total. The Kier molecular flexibility index (Phi) is 20.6. The number of nitrogens with one attached hydrogen (secondary N) is 1. The van der Waals surface area contributed by atoms with Gasteiger partial charge in [-0.2, -0.15) is 0 Å². The molecule has 0 unspecified atom stereocenters. The van der Waals surface area contributed by atoms with Crippen molar-refractivity contribution in [3.05, 3.63) is 167 Å². The van der Waals surface area contributed by atoms with E-state index in [9.17, 15) is 9.59 Å². The molecule has 0 spiro atoms. The second-order valence-electron chi connectivity index (χ2n) is 17.4. The predicted molar refractivity (Wildman–Crippen MR) is 289 cm³/mol. The van der Waals surface area contributed by atoms with Crippen LogP contribution in [0.15, 0.2) is 133 Å². The van der Waals surface area contributed by atoms with Gasteiger partial charge in [-0.15, -0.1) is 0 Å². The zero-order valence-corrected chi connectivity index (χ0v) is 44.1. The highest BCUT2D eigenvalue weighted by Gasteiger charge is 2.25. The minimum atomic E-state index is -0.513. The number of amides is 1. The number of aromatic nitrogens is 2. The molecule has 0 fully saturated rings. The molecule has 1 N–H and O–H groups in total. The average molecular weight is 999 g/mol. The van der Waals surface area contributed by atoms with Crippen LogP contribution in [0.25, 0.3) is 12.2 Å². The summed E-state index contributed by atoms with van der Waals surface area (Å²) < 4.78 is 32.5. The molecule has 2 aromatic heterocycles. The van der Waals surface area contributed by atoms with Gasteiger partial charge in [0, 0.05) is 22.5 Å². The summed E-state index contributed by atoms with van der Waals surface area (Å²) in [5.74, 6) is 3.56. The van der Waals surface area contributed by atoms with Crippen LogP contribution < -0.4 is 38.6 Å². The van der Waals surface area contributed by atoms with Gasteiger partial charge in [0.25, 0.3) is 11.1 Å². The number of rotatable bonds is 15. The quantitative estimate of drug-likeness (QED) is 0.0982. The van der Waals surface area contributed by atoms with E-state index in [1.54, 1.807) is 49.5 Å². The Balaban J connectivity index is 0.000000204. The Morgan fingerprint density at radius 3 is 1.51 bits per heavy atom. The van der Waals surface area contributed by atoms with Crippen molar-refractivity contribution in [1.82, 2.24) is 14.9 Å². The monoisotopic (exact) mass is 997 g/mol. The maximum atomic E-state index is 13.6. The van der Waals surface area contributed by atoms with Crippen LogP contribution in [0.2, 0.25) is 0 Å². The maximum absolute atomic E-state index is 13.6. The number of anilines is 2. The van der Waals surface area contributed by atoms with Crippen molar-refractivity contribution in [3.63, 3.8) is 0 Å². The van der Waals surface area contributed by atoms with Crippen molar-refractivity contribution in [2.45, 2.75) is 72.8 Å². The summed E-state index contributed by atoms with van der Waals surface area (Å²) in [5.41, 5.74) is 5.56. The van der Waals surface area contributed by atoms with Crippen LogP contribution in [0.3, 0.4) is 0 Å². The Bertz CT molecular complexity index is 2760. The van der Waals surface area contributed by atoms with Crippen LogP contribution in [0.1, 0.15) is 92.0 Å². The van der Waals surface area contributed by atoms with Gasteiger partial charge in [0.15, 0.2) is 23.0 Å². The van der Waals surface area contributed by atoms with E-state index in [1.165, 1.54) is 39.9 Å². The Labute approximate surface area is 430 Å². The summed E-state index contributed by atoms with van der Waals surface area (Å²) >= 11 is 5.29. The molecule has 0 saturated heterocycles. The summed E-state index contributed by atoms with van der Waals surface area (Å²) in [6, 6.07) is 37.4. The second kappa shape index (κ2) is 26.7. The number of halogens is 1. The fourth-order valence-electron chi connectivity index (χ4n) is 7.35. The highest BCUT2D eigenvalue weighted by Crippen LogP contribution is 2.33. The molecule has 8 rings (SSSR count).